The Bertz CT molecular complexity index is 751. The lowest BCUT2D eigenvalue weighted by molar-refractivity contribution is 0.485. The van der Waals surface area contributed by atoms with Gasteiger partial charge in [-0.2, -0.15) is 0 Å². The predicted octanol–water partition coefficient (Wildman–Crippen LogP) is 3.17. The lowest BCUT2D eigenvalue weighted by Gasteiger charge is -2.21. The monoisotopic (exact) mass is 332 g/mol. The zero-order chi connectivity index (χ0) is 15.8. The van der Waals surface area contributed by atoms with Crippen LogP contribution in [0.15, 0.2) is 28.6 Å². The van der Waals surface area contributed by atoms with E-state index in [0.29, 0.717) is 0 Å². The quantitative estimate of drug-likeness (QED) is 0.939. The zero-order valence-corrected chi connectivity index (χ0v) is 13.3. The molecule has 0 atom stereocenters. The molecule has 0 aliphatic rings. The van der Waals surface area contributed by atoms with Crippen LogP contribution in [0.4, 0.5) is 8.78 Å². The van der Waals surface area contributed by atoms with E-state index in [4.69, 9.17) is 0 Å². The molecule has 4 nitrogen and oxygen atoms in total. The van der Waals surface area contributed by atoms with Gasteiger partial charge in [-0.3, -0.25) is 0 Å². The molecule has 0 spiro atoms. The van der Waals surface area contributed by atoms with E-state index < -0.39 is 37.7 Å². The van der Waals surface area contributed by atoms with E-state index in [1.807, 2.05) is 0 Å². The molecular formula is C13H14F2N2O2S2. The van der Waals surface area contributed by atoms with Gasteiger partial charge in [-0.05, 0) is 32.9 Å². The Morgan fingerprint density at radius 1 is 1.24 bits per heavy atom. The lowest BCUT2D eigenvalue weighted by Crippen LogP contribution is -2.40. The number of nitrogens with one attached hydrogen (secondary N) is 1. The second-order valence-corrected chi connectivity index (χ2v) is 7.97. The van der Waals surface area contributed by atoms with Gasteiger partial charge in [0, 0.05) is 17.1 Å². The molecule has 8 heteroatoms. The van der Waals surface area contributed by atoms with E-state index in [9.17, 15) is 17.2 Å². The first-order chi connectivity index (χ1) is 9.62. The van der Waals surface area contributed by atoms with Gasteiger partial charge >= 0.3 is 0 Å². The van der Waals surface area contributed by atoms with E-state index in [1.165, 1.54) is 6.20 Å². The summed E-state index contributed by atoms with van der Waals surface area (Å²) in [5.41, 5.74) is -1.21. The lowest BCUT2D eigenvalue weighted by atomic mass is 10.1. The Kier molecular flexibility index (Phi) is 4.14. The minimum atomic E-state index is -4.09. The van der Waals surface area contributed by atoms with E-state index in [2.05, 4.69) is 9.71 Å². The average Bonchev–Trinajstić information content (AvgIpc) is 2.78. The summed E-state index contributed by atoms with van der Waals surface area (Å²) in [5.74, 6) is -1.99. The maximum Gasteiger partial charge on any atom is 0.243 e. The Morgan fingerprint density at radius 3 is 2.43 bits per heavy atom. The van der Waals surface area contributed by atoms with Gasteiger partial charge in [-0.15, -0.1) is 11.3 Å². The predicted molar refractivity (Wildman–Crippen MR) is 77.5 cm³/mol. The van der Waals surface area contributed by atoms with Crippen molar-refractivity contribution in [1.82, 2.24) is 9.71 Å². The van der Waals surface area contributed by atoms with Crippen molar-refractivity contribution in [3.05, 3.63) is 35.3 Å². The molecule has 0 aliphatic carbocycles. The van der Waals surface area contributed by atoms with Crippen LogP contribution in [0.3, 0.4) is 0 Å². The van der Waals surface area contributed by atoms with Gasteiger partial charge in [0.2, 0.25) is 10.0 Å². The van der Waals surface area contributed by atoms with Gasteiger partial charge in [0.25, 0.3) is 0 Å². The number of benzene rings is 1. The van der Waals surface area contributed by atoms with Crippen LogP contribution < -0.4 is 4.72 Å². The molecule has 0 amide bonds. The summed E-state index contributed by atoms with van der Waals surface area (Å²) in [4.78, 5) is 3.24. The first kappa shape index (κ1) is 16.0. The molecule has 2 aromatic rings. The topological polar surface area (TPSA) is 59.1 Å². The standard InChI is InChI=1S/C13H14F2N2O2S2/c1-13(2,3)17-21(18,19)9-5-4-8(14)10(11(9)15)12-16-6-7-20-12/h4-7,17H,1-3H3. The van der Waals surface area contributed by atoms with Crippen molar-refractivity contribution < 1.29 is 17.2 Å². The number of halogens is 2. The van der Waals surface area contributed by atoms with Crippen molar-refractivity contribution in [2.24, 2.45) is 0 Å². The second kappa shape index (κ2) is 5.43. The van der Waals surface area contributed by atoms with E-state index >= 15 is 0 Å². The third-order valence-electron chi connectivity index (χ3n) is 2.43. The normalized spacial score (nSPS) is 12.6. The SMILES string of the molecule is CC(C)(C)NS(=O)(=O)c1ccc(F)c(-c2nccs2)c1F. The van der Waals surface area contributed by atoms with Crippen molar-refractivity contribution in [2.75, 3.05) is 0 Å². The summed E-state index contributed by atoms with van der Waals surface area (Å²) in [6.45, 7) is 4.90. The molecular weight excluding hydrogens is 318 g/mol. The molecule has 1 N–H and O–H groups in total. The summed E-state index contributed by atoms with van der Waals surface area (Å²) < 4.78 is 55.1. The van der Waals surface area contributed by atoms with Gasteiger partial charge in [0.05, 0.1) is 5.56 Å². The molecule has 21 heavy (non-hydrogen) atoms. The highest BCUT2D eigenvalue weighted by atomic mass is 32.2. The fourth-order valence-electron chi connectivity index (χ4n) is 1.74. The molecule has 1 aromatic heterocycles. The number of hydrogen-bond acceptors (Lipinski definition) is 4. The second-order valence-electron chi connectivity index (χ2n) is 5.43. The van der Waals surface area contributed by atoms with Crippen LogP contribution in [-0.2, 0) is 10.0 Å². The Morgan fingerprint density at radius 2 is 1.90 bits per heavy atom. The molecule has 0 fully saturated rings. The molecule has 0 saturated carbocycles. The highest BCUT2D eigenvalue weighted by Crippen LogP contribution is 2.31. The minimum Gasteiger partial charge on any atom is -0.244 e. The summed E-state index contributed by atoms with van der Waals surface area (Å²) in [6.07, 6.45) is 1.40. The van der Waals surface area contributed by atoms with Crippen molar-refractivity contribution >= 4 is 21.4 Å². The highest BCUT2D eigenvalue weighted by Gasteiger charge is 2.28. The largest absolute Gasteiger partial charge is 0.244 e. The van der Waals surface area contributed by atoms with E-state index in [1.54, 1.807) is 26.2 Å². The van der Waals surface area contributed by atoms with Crippen LogP contribution in [0.1, 0.15) is 20.8 Å². The maximum absolute atomic E-state index is 14.5. The summed E-state index contributed by atoms with van der Waals surface area (Å²) >= 11 is 1.03. The van der Waals surface area contributed by atoms with Gasteiger partial charge in [-0.25, -0.2) is 26.9 Å². The van der Waals surface area contributed by atoms with Gasteiger partial charge in [0.1, 0.15) is 15.7 Å². The molecule has 1 heterocycles. The van der Waals surface area contributed by atoms with Crippen molar-refractivity contribution in [1.29, 1.82) is 0 Å². The van der Waals surface area contributed by atoms with Crippen LogP contribution >= 0.6 is 11.3 Å². The van der Waals surface area contributed by atoms with Gasteiger partial charge in [0.15, 0.2) is 5.82 Å². The maximum atomic E-state index is 14.5. The van der Waals surface area contributed by atoms with Crippen molar-refractivity contribution in [2.45, 2.75) is 31.2 Å². The third kappa shape index (κ3) is 3.45. The number of rotatable bonds is 3. The third-order valence-corrected chi connectivity index (χ3v) is 5.00. The Hall–Kier alpha value is -1.38. The summed E-state index contributed by atoms with van der Waals surface area (Å²) in [5, 5.41) is 1.65. The van der Waals surface area contributed by atoms with Gasteiger partial charge < -0.3 is 0 Å². The Balaban J connectivity index is 2.60. The number of hydrogen-bond donors (Lipinski definition) is 1. The minimum absolute atomic E-state index is 0.0952. The molecule has 0 radical (unpaired) electrons. The fraction of sp³-hybridized carbons (Fsp3) is 0.308. The fourth-order valence-corrected chi connectivity index (χ4v) is 3.92. The molecule has 1 aromatic carbocycles. The van der Waals surface area contributed by atoms with Crippen LogP contribution in [0.2, 0.25) is 0 Å². The summed E-state index contributed by atoms with van der Waals surface area (Å²) in [6, 6.07) is 1.84. The molecule has 2 rings (SSSR count). The summed E-state index contributed by atoms with van der Waals surface area (Å²) in [7, 11) is -4.09. The van der Waals surface area contributed by atoms with Crippen LogP contribution in [0.25, 0.3) is 10.6 Å². The number of sulfonamides is 1. The Labute approximate surface area is 125 Å². The number of nitrogens with zero attached hydrogens (tertiary/aromatic N) is 1. The molecule has 0 saturated heterocycles. The first-order valence-electron chi connectivity index (χ1n) is 6.04. The van der Waals surface area contributed by atoms with Crippen molar-refractivity contribution in [3.8, 4) is 10.6 Å². The van der Waals surface area contributed by atoms with Gasteiger partial charge in [-0.1, -0.05) is 0 Å². The average molecular weight is 332 g/mol. The van der Waals surface area contributed by atoms with Crippen molar-refractivity contribution in [3.63, 3.8) is 0 Å². The molecule has 0 bridgehead atoms. The molecule has 114 valence electrons. The molecule has 0 unspecified atom stereocenters. The number of thiazole rings is 1. The smallest absolute Gasteiger partial charge is 0.243 e. The molecule has 0 aliphatic heterocycles. The first-order valence-corrected chi connectivity index (χ1v) is 8.40. The highest BCUT2D eigenvalue weighted by molar-refractivity contribution is 7.89. The van der Waals surface area contributed by atoms with Crippen LogP contribution in [0, 0.1) is 11.6 Å². The number of aromatic nitrogens is 1. The van der Waals surface area contributed by atoms with Crippen LogP contribution in [-0.4, -0.2) is 18.9 Å². The van der Waals surface area contributed by atoms with E-state index in [0.717, 1.165) is 23.5 Å². The van der Waals surface area contributed by atoms with Crippen LogP contribution in [0.5, 0.6) is 0 Å². The van der Waals surface area contributed by atoms with E-state index in [-0.39, 0.29) is 5.01 Å². The zero-order valence-electron chi connectivity index (χ0n) is 11.6.